The molecule has 0 spiro atoms. The second kappa shape index (κ2) is 5.97. The van der Waals surface area contributed by atoms with Crippen molar-refractivity contribution in [1.29, 1.82) is 0 Å². The van der Waals surface area contributed by atoms with Crippen LogP contribution in [0.5, 0.6) is 0 Å². The van der Waals surface area contributed by atoms with Crippen molar-refractivity contribution < 1.29 is 4.79 Å². The number of nitrogens with one attached hydrogen (secondary N) is 2. The number of para-hydroxylation sites is 1. The number of aryl methyl sites for hydroxylation is 2. The molecule has 2 aromatic carbocycles. The lowest BCUT2D eigenvalue weighted by atomic mass is 10.1. The second-order valence-electron chi connectivity index (χ2n) is 4.76. The van der Waals surface area contributed by atoms with Gasteiger partial charge in [0, 0.05) is 16.4 Å². The van der Waals surface area contributed by atoms with Crippen molar-refractivity contribution in [1.82, 2.24) is 0 Å². The van der Waals surface area contributed by atoms with E-state index in [-0.39, 0.29) is 6.03 Å². The summed E-state index contributed by atoms with van der Waals surface area (Å²) in [6.45, 7) is 5.80. The summed E-state index contributed by atoms with van der Waals surface area (Å²) >= 11 is 6.04. The Balaban J connectivity index is 2.16. The van der Waals surface area contributed by atoms with Crippen molar-refractivity contribution in [3.63, 3.8) is 0 Å². The molecule has 4 heteroatoms. The van der Waals surface area contributed by atoms with E-state index in [1.165, 1.54) is 0 Å². The standard InChI is InChI=1S/C16H17ClN2O/c1-10-6-4-7-11(2)15(10)19-16(20)18-14-9-5-8-13(17)12(14)3/h4-9H,1-3H3,(H2,18,19,20). The average Bonchev–Trinajstić information content (AvgIpc) is 2.39. The number of benzene rings is 2. The van der Waals surface area contributed by atoms with Gasteiger partial charge in [-0.2, -0.15) is 0 Å². The quantitative estimate of drug-likeness (QED) is 0.810. The third kappa shape index (κ3) is 3.11. The number of urea groups is 1. The third-order valence-corrected chi connectivity index (χ3v) is 3.65. The first-order chi connectivity index (χ1) is 9.49. The van der Waals surface area contributed by atoms with Crippen LogP contribution in [0.2, 0.25) is 5.02 Å². The highest BCUT2D eigenvalue weighted by Crippen LogP contribution is 2.24. The largest absolute Gasteiger partial charge is 0.323 e. The van der Waals surface area contributed by atoms with Gasteiger partial charge in [-0.15, -0.1) is 0 Å². The molecule has 2 amide bonds. The predicted molar refractivity (Wildman–Crippen MR) is 84.7 cm³/mol. The topological polar surface area (TPSA) is 41.1 Å². The van der Waals surface area contributed by atoms with E-state index < -0.39 is 0 Å². The fourth-order valence-electron chi connectivity index (χ4n) is 2.02. The van der Waals surface area contributed by atoms with E-state index in [1.807, 2.05) is 51.1 Å². The van der Waals surface area contributed by atoms with E-state index in [0.29, 0.717) is 10.7 Å². The van der Waals surface area contributed by atoms with Crippen LogP contribution in [0.15, 0.2) is 36.4 Å². The highest BCUT2D eigenvalue weighted by molar-refractivity contribution is 6.31. The van der Waals surface area contributed by atoms with Gasteiger partial charge in [-0.05, 0) is 49.6 Å². The minimum Gasteiger partial charge on any atom is -0.307 e. The van der Waals surface area contributed by atoms with Gasteiger partial charge in [-0.3, -0.25) is 0 Å². The lowest BCUT2D eigenvalue weighted by Gasteiger charge is -2.14. The number of halogens is 1. The second-order valence-corrected chi connectivity index (χ2v) is 5.17. The van der Waals surface area contributed by atoms with Gasteiger partial charge in [0.2, 0.25) is 0 Å². The average molecular weight is 289 g/mol. The summed E-state index contributed by atoms with van der Waals surface area (Å²) < 4.78 is 0. The highest BCUT2D eigenvalue weighted by Gasteiger charge is 2.09. The monoisotopic (exact) mass is 288 g/mol. The summed E-state index contributed by atoms with van der Waals surface area (Å²) in [6.07, 6.45) is 0. The van der Waals surface area contributed by atoms with Crippen LogP contribution in [0.25, 0.3) is 0 Å². The van der Waals surface area contributed by atoms with Gasteiger partial charge < -0.3 is 10.6 Å². The molecule has 0 aliphatic heterocycles. The minimum atomic E-state index is -0.271. The van der Waals surface area contributed by atoms with Crippen molar-refractivity contribution in [2.75, 3.05) is 10.6 Å². The Morgan fingerprint density at radius 3 is 2.20 bits per heavy atom. The van der Waals surface area contributed by atoms with E-state index in [0.717, 1.165) is 22.4 Å². The normalized spacial score (nSPS) is 10.2. The Kier molecular flexibility index (Phi) is 4.30. The molecule has 0 bridgehead atoms. The number of carbonyl (C=O) groups excluding carboxylic acids is 1. The first-order valence-electron chi connectivity index (χ1n) is 6.38. The minimum absolute atomic E-state index is 0.271. The zero-order chi connectivity index (χ0) is 14.7. The molecule has 104 valence electrons. The summed E-state index contributed by atoms with van der Waals surface area (Å²) in [5.74, 6) is 0. The van der Waals surface area contributed by atoms with Crippen LogP contribution in [-0.2, 0) is 0 Å². The van der Waals surface area contributed by atoms with E-state index in [9.17, 15) is 4.79 Å². The van der Waals surface area contributed by atoms with Crippen molar-refractivity contribution in [2.24, 2.45) is 0 Å². The molecule has 3 nitrogen and oxygen atoms in total. The molecule has 2 rings (SSSR count). The van der Waals surface area contributed by atoms with Gasteiger partial charge in [-0.1, -0.05) is 35.9 Å². The Bertz CT molecular complexity index is 633. The molecule has 0 aliphatic rings. The lowest BCUT2D eigenvalue weighted by molar-refractivity contribution is 0.262. The summed E-state index contributed by atoms with van der Waals surface area (Å²) in [5, 5.41) is 6.33. The molecule has 0 atom stereocenters. The maximum atomic E-state index is 12.1. The van der Waals surface area contributed by atoms with Crippen LogP contribution < -0.4 is 10.6 Å². The molecule has 20 heavy (non-hydrogen) atoms. The van der Waals surface area contributed by atoms with Crippen LogP contribution in [-0.4, -0.2) is 6.03 Å². The van der Waals surface area contributed by atoms with Crippen LogP contribution in [0.4, 0.5) is 16.2 Å². The smallest absolute Gasteiger partial charge is 0.307 e. The van der Waals surface area contributed by atoms with Gasteiger partial charge >= 0.3 is 6.03 Å². The summed E-state index contributed by atoms with van der Waals surface area (Å²) in [5.41, 5.74) is 4.46. The molecule has 0 fully saturated rings. The number of carbonyl (C=O) groups is 1. The van der Waals surface area contributed by atoms with E-state index in [2.05, 4.69) is 10.6 Å². The van der Waals surface area contributed by atoms with Gasteiger partial charge in [0.05, 0.1) is 0 Å². The first kappa shape index (κ1) is 14.4. The van der Waals surface area contributed by atoms with Crippen molar-refractivity contribution >= 4 is 29.0 Å². The number of rotatable bonds is 2. The Morgan fingerprint density at radius 1 is 0.950 bits per heavy atom. The number of hydrogen-bond donors (Lipinski definition) is 2. The Morgan fingerprint density at radius 2 is 1.55 bits per heavy atom. The molecule has 0 heterocycles. The van der Waals surface area contributed by atoms with Gasteiger partial charge in [-0.25, -0.2) is 4.79 Å². The van der Waals surface area contributed by atoms with E-state index in [4.69, 9.17) is 11.6 Å². The van der Waals surface area contributed by atoms with Gasteiger partial charge in [0.25, 0.3) is 0 Å². The molecule has 0 aliphatic carbocycles. The van der Waals surface area contributed by atoms with Crippen LogP contribution in [0.3, 0.4) is 0 Å². The summed E-state index contributed by atoms with van der Waals surface area (Å²) in [4.78, 5) is 12.1. The van der Waals surface area contributed by atoms with Gasteiger partial charge in [0.15, 0.2) is 0 Å². The molecule has 0 radical (unpaired) electrons. The van der Waals surface area contributed by atoms with E-state index >= 15 is 0 Å². The number of hydrogen-bond acceptors (Lipinski definition) is 1. The maximum Gasteiger partial charge on any atom is 0.323 e. The Labute approximate surface area is 124 Å². The first-order valence-corrected chi connectivity index (χ1v) is 6.76. The van der Waals surface area contributed by atoms with Crippen molar-refractivity contribution in [3.8, 4) is 0 Å². The SMILES string of the molecule is Cc1cccc(C)c1NC(=O)Nc1cccc(Cl)c1C. The molecule has 0 unspecified atom stereocenters. The fraction of sp³-hybridized carbons (Fsp3) is 0.188. The molecular formula is C16H17ClN2O. The lowest BCUT2D eigenvalue weighted by Crippen LogP contribution is -2.21. The van der Waals surface area contributed by atoms with Crippen LogP contribution in [0, 0.1) is 20.8 Å². The zero-order valence-corrected chi connectivity index (χ0v) is 12.5. The van der Waals surface area contributed by atoms with Gasteiger partial charge in [0.1, 0.15) is 0 Å². The third-order valence-electron chi connectivity index (χ3n) is 3.24. The number of amides is 2. The molecule has 2 aromatic rings. The highest BCUT2D eigenvalue weighted by atomic mass is 35.5. The zero-order valence-electron chi connectivity index (χ0n) is 11.8. The predicted octanol–water partition coefficient (Wildman–Crippen LogP) is 4.91. The summed E-state index contributed by atoms with van der Waals surface area (Å²) in [6, 6.07) is 11.1. The molecule has 0 saturated carbocycles. The van der Waals surface area contributed by atoms with Crippen molar-refractivity contribution in [2.45, 2.75) is 20.8 Å². The number of anilines is 2. The molecule has 2 N–H and O–H groups in total. The van der Waals surface area contributed by atoms with Crippen LogP contribution >= 0.6 is 11.6 Å². The van der Waals surface area contributed by atoms with E-state index in [1.54, 1.807) is 6.07 Å². The fourth-order valence-corrected chi connectivity index (χ4v) is 2.20. The molecule has 0 saturated heterocycles. The summed E-state index contributed by atoms with van der Waals surface area (Å²) in [7, 11) is 0. The van der Waals surface area contributed by atoms with Crippen molar-refractivity contribution in [3.05, 3.63) is 58.1 Å². The molecule has 0 aromatic heterocycles. The molecular weight excluding hydrogens is 272 g/mol. The Hall–Kier alpha value is -2.00. The van der Waals surface area contributed by atoms with Crippen LogP contribution in [0.1, 0.15) is 16.7 Å². The maximum absolute atomic E-state index is 12.1.